The lowest BCUT2D eigenvalue weighted by atomic mass is 10.2. The number of benzene rings is 1. The Hall–Kier alpha value is -1.47. The minimum Gasteiger partial charge on any atom is -0.324 e. The molecule has 0 heterocycles. The van der Waals surface area contributed by atoms with Crippen LogP contribution >= 0.6 is 11.8 Å². The van der Waals surface area contributed by atoms with Gasteiger partial charge in [-0.05, 0) is 24.3 Å². The number of hydrogen-bond acceptors (Lipinski definition) is 3. The molecule has 96 valence electrons. The molecule has 18 heavy (non-hydrogen) atoms. The van der Waals surface area contributed by atoms with Crippen molar-refractivity contribution in [3.8, 4) is 6.07 Å². The van der Waals surface area contributed by atoms with Gasteiger partial charge < -0.3 is 5.32 Å². The molecule has 4 heteroatoms. The van der Waals surface area contributed by atoms with Crippen molar-refractivity contribution in [1.82, 2.24) is 0 Å². The van der Waals surface area contributed by atoms with E-state index in [9.17, 15) is 4.79 Å². The van der Waals surface area contributed by atoms with Gasteiger partial charge in [0.25, 0.3) is 0 Å². The number of carbonyl (C=O) groups is 1. The van der Waals surface area contributed by atoms with E-state index in [4.69, 9.17) is 5.26 Å². The highest BCUT2D eigenvalue weighted by Gasteiger charge is 2.05. The molecule has 0 aromatic heterocycles. The molecule has 0 unspecified atom stereocenters. The van der Waals surface area contributed by atoms with Crippen LogP contribution in [0.4, 0.5) is 5.69 Å². The van der Waals surface area contributed by atoms with Gasteiger partial charge in [-0.15, -0.1) is 0 Å². The van der Waals surface area contributed by atoms with Gasteiger partial charge in [0, 0.05) is 0 Å². The summed E-state index contributed by atoms with van der Waals surface area (Å²) in [5, 5.41) is 11.7. The molecular weight excluding hydrogens is 244 g/mol. The van der Waals surface area contributed by atoms with Crippen LogP contribution in [0.1, 0.15) is 31.7 Å². The molecule has 0 fully saturated rings. The second-order valence-corrected chi connectivity index (χ2v) is 5.07. The monoisotopic (exact) mass is 262 g/mol. The Bertz CT molecular complexity index is 426. The molecule has 3 nitrogen and oxygen atoms in total. The standard InChI is InChI=1S/C14H18N2OS/c1-2-3-6-9-18-11-14(17)16-13-8-5-4-7-12(13)10-15/h4-5,7-8H,2-3,6,9,11H2,1H3,(H,16,17). The van der Waals surface area contributed by atoms with Gasteiger partial charge >= 0.3 is 0 Å². The summed E-state index contributed by atoms with van der Waals surface area (Å²) in [5.74, 6) is 1.42. The van der Waals surface area contributed by atoms with Gasteiger partial charge in [0.1, 0.15) is 6.07 Å². The summed E-state index contributed by atoms with van der Waals surface area (Å²) >= 11 is 1.64. The third-order valence-electron chi connectivity index (χ3n) is 2.45. The zero-order valence-corrected chi connectivity index (χ0v) is 11.4. The van der Waals surface area contributed by atoms with E-state index in [1.807, 2.05) is 6.07 Å². The van der Waals surface area contributed by atoms with E-state index in [1.54, 1.807) is 30.0 Å². The molecule has 0 saturated carbocycles. The summed E-state index contributed by atoms with van der Waals surface area (Å²) in [4.78, 5) is 11.7. The highest BCUT2D eigenvalue weighted by atomic mass is 32.2. The molecule has 0 aliphatic rings. The number of nitrogens with zero attached hydrogens (tertiary/aromatic N) is 1. The Labute approximate surface area is 113 Å². The third kappa shape index (κ3) is 5.24. The third-order valence-corrected chi connectivity index (χ3v) is 3.49. The van der Waals surface area contributed by atoms with Gasteiger partial charge in [0.05, 0.1) is 17.0 Å². The van der Waals surface area contributed by atoms with E-state index < -0.39 is 0 Å². The van der Waals surface area contributed by atoms with Crippen LogP contribution in [0.2, 0.25) is 0 Å². The lowest BCUT2D eigenvalue weighted by Crippen LogP contribution is -2.15. The number of anilines is 1. The van der Waals surface area contributed by atoms with Crippen molar-refractivity contribution in [2.75, 3.05) is 16.8 Å². The summed E-state index contributed by atoms with van der Waals surface area (Å²) in [6, 6.07) is 9.11. The summed E-state index contributed by atoms with van der Waals surface area (Å²) in [6.07, 6.45) is 3.57. The fourth-order valence-electron chi connectivity index (χ4n) is 1.49. The first kappa shape index (κ1) is 14.6. The number of nitriles is 1. The molecule has 1 rings (SSSR count). The van der Waals surface area contributed by atoms with Crippen LogP contribution in [0.3, 0.4) is 0 Å². The summed E-state index contributed by atoms with van der Waals surface area (Å²) < 4.78 is 0. The maximum absolute atomic E-state index is 11.7. The molecular formula is C14H18N2OS. The van der Waals surface area contributed by atoms with Crippen molar-refractivity contribution >= 4 is 23.4 Å². The van der Waals surface area contributed by atoms with E-state index in [2.05, 4.69) is 18.3 Å². The molecule has 0 radical (unpaired) electrons. The van der Waals surface area contributed by atoms with E-state index >= 15 is 0 Å². The fourth-order valence-corrected chi connectivity index (χ4v) is 2.31. The molecule has 0 spiro atoms. The van der Waals surface area contributed by atoms with Crippen LogP contribution in [0.5, 0.6) is 0 Å². The highest BCUT2D eigenvalue weighted by Crippen LogP contribution is 2.14. The van der Waals surface area contributed by atoms with Crippen molar-refractivity contribution in [3.05, 3.63) is 29.8 Å². The zero-order chi connectivity index (χ0) is 13.2. The van der Waals surface area contributed by atoms with Gasteiger partial charge in [-0.2, -0.15) is 17.0 Å². The predicted molar refractivity (Wildman–Crippen MR) is 76.6 cm³/mol. The lowest BCUT2D eigenvalue weighted by Gasteiger charge is -2.06. The van der Waals surface area contributed by atoms with Crippen molar-refractivity contribution in [2.45, 2.75) is 26.2 Å². The molecule has 0 aliphatic carbocycles. The van der Waals surface area contributed by atoms with Gasteiger partial charge in [-0.1, -0.05) is 31.9 Å². The highest BCUT2D eigenvalue weighted by molar-refractivity contribution is 7.99. The predicted octanol–water partition coefficient (Wildman–Crippen LogP) is 3.42. The van der Waals surface area contributed by atoms with E-state index in [1.165, 1.54) is 12.8 Å². The molecule has 1 aromatic rings. The normalized spacial score (nSPS) is 9.78. The number of para-hydroxylation sites is 1. The van der Waals surface area contributed by atoms with Crippen LogP contribution in [0, 0.1) is 11.3 Å². The van der Waals surface area contributed by atoms with Gasteiger partial charge in [-0.25, -0.2) is 0 Å². The van der Waals surface area contributed by atoms with Gasteiger partial charge in [0.15, 0.2) is 0 Å². The van der Waals surface area contributed by atoms with E-state index in [-0.39, 0.29) is 5.91 Å². The maximum Gasteiger partial charge on any atom is 0.234 e. The molecule has 0 atom stereocenters. The number of nitrogens with one attached hydrogen (secondary N) is 1. The Morgan fingerprint density at radius 1 is 1.39 bits per heavy atom. The lowest BCUT2D eigenvalue weighted by molar-refractivity contribution is -0.113. The largest absolute Gasteiger partial charge is 0.324 e. The number of thioether (sulfide) groups is 1. The summed E-state index contributed by atoms with van der Waals surface area (Å²) in [6.45, 7) is 2.16. The van der Waals surface area contributed by atoms with Crippen molar-refractivity contribution in [3.63, 3.8) is 0 Å². The minimum atomic E-state index is -0.0424. The average Bonchev–Trinajstić information content (AvgIpc) is 2.39. The number of unbranched alkanes of at least 4 members (excludes halogenated alkanes) is 2. The van der Waals surface area contributed by atoms with Crippen molar-refractivity contribution in [2.24, 2.45) is 0 Å². The van der Waals surface area contributed by atoms with Crippen LogP contribution in [0.15, 0.2) is 24.3 Å². The van der Waals surface area contributed by atoms with Crippen LogP contribution < -0.4 is 5.32 Å². The Morgan fingerprint density at radius 3 is 2.89 bits per heavy atom. The molecule has 1 N–H and O–H groups in total. The van der Waals surface area contributed by atoms with E-state index in [0.717, 1.165) is 12.2 Å². The molecule has 0 saturated heterocycles. The van der Waals surface area contributed by atoms with Crippen LogP contribution in [-0.4, -0.2) is 17.4 Å². The van der Waals surface area contributed by atoms with Crippen LogP contribution in [0.25, 0.3) is 0 Å². The first-order chi connectivity index (χ1) is 8.77. The van der Waals surface area contributed by atoms with Gasteiger partial charge in [0.2, 0.25) is 5.91 Å². The molecule has 0 aliphatic heterocycles. The Morgan fingerprint density at radius 2 is 2.17 bits per heavy atom. The number of carbonyl (C=O) groups excluding carboxylic acids is 1. The zero-order valence-electron chi connectivity index (χ0n) is 10.6. The smallest absolute Gasteiger partial charge is 0.234 e. The molecule has 1 amide bonds. The summed E-state index contributed by atoms with van der Waals surface area (Å²) in [7, 11) is 0. The first-order valence-corrected chi connectivity index (χ1v) is 7.30. The average molecular weight is 262 g/mol. The van der Waals surface area contributed by atoms with Crippen LogP contribution in [-0.2, 0) is 4.79 Å². The Balaban J connectivity index is 2.34. The first-order valence-electron chi connectivity index (χ1n) is 6.14. The maximum atomic E-state index is 11.7. The van der Waals surface area contributed by atoms with Crippen molar-refractivity contribution in [1.29, 1.82) is 5.26 Å². The minimum absolute atomic E-state index is 0.0424. The summed E-state index contributed by atoms with van der Waals surface area (Å²) in [5.41, 5.74) is 1.10. The molecule has 1 aromatic carbocycles. The quantitative estimate of drug-likeness (QED) is 0.766. The fraction of sp³-hybridized carbons (Fsp3) is 0.429. The topological polar surface area (TPSA) is 52.9 Å². The van der Waals surface area contributed by atoms with Crippen molar-refractivity contribution < 1.29 is 4.79 Å². The second kappa shape index (κ2) is 8.60. The number of hydrogen-bond donors (Lipinski definition) is 1. The van der Waals surface area contributed by atoms with Gasteiger partial charge in [-0.3, -0.25) is 4.79 Å². The Kier molecular flexibility index (Phi) is 6.97. The van der Waals surface area contributed by atoms with E-state index in [0.29, 0.717) is 17.0 Å². The molecule has 0 bridgehead atoms. The number of amides is 1. The SMILES string of the molecule is CCCCCSCC(=O)Nc1ccccc1C#N. The second-order valence-electron chi connectivity index (χ2n) is 3.97. The number of rotatable bonds is 7.